The van der Waals surface area contributed by atoms with Gasteiger partial charge in [0.1, 0.15) is 5.75 Å². The third kappa shape index (κ3) is 6.06. The molecule has 0 unspecified atom stereocenters. The van der Waals surface area contributed by atoms with E-state index in [1.807, 2.05) is 12.1 Å². The van der Waals surface area contributed by atoms with Crippen LogP contribution >= 0.6 is 23.2 Å². The predicted molar refractivity (Wildman–Crippen MR) is 103 cm³/mol. The second-order valence-electron chi connectivity index (χ2n) is 5.21. The van der Waals surface area contributed by atoms with Gasteiger partial charge in [0.2, 0.25) is 11.8 Å². The molecule has 26 heavy (non-hydrogen) atoms. The van der Waals surface area contributed by atoms with Gasteiger partial charge in [0.05, 0.1) is 24.0 Å². The maximum Gasteiger partial charge on any atom is 0.240 e. The number of hydrogen-bond acceptors (Lipinski definition) is 4. The van der Waals surface area contributed by atoms with E-state index in [2.05, 4.69) is 15.8 Å². The molecule has 2 aromatic rings. The van der Waals surface area contributed by atoms with Crippen LogP contribution in [-0.4, -0.2) is 25.1 Å². The number of rotatable bonds is 7. The summed E-state index contributed by atoms with van der Waals surface area (Å²) in [5, 5.41) is 7.29. The highest BCUT2D eigenvalue weighted by atomic mass is 35.5. The molecule has 0 heterocycles. The summed E-state index contributed by atoms with van der Waals surface area (Å²) in [6, 6.07) is 12.0. The molecule has 0 aromatic heterocycles. The quantitative estimate of drug-likeness (QED) is 0.553. The van der Waals surface area contributed by atoms with Crippen LogP contribution in [0.5, 0.6) is 5.75 Å². The first kappa shape index (κ1) is 19.8. The number of ether oxygens (including phenoxy) is 1. The summed E-state index contributed by atoms with van der Waals surface area (Å²) in [6.45, 7) is 0. The molecule has 2 rings (SSSR count). The number of hydrazone groups is 1. The normalized spacial score (nSPS) is 10.6. The van der Waals surface area contributed by atoms with Gasteiger partial charge in [0.15, 0.2) is 0 Å². The summed E-state index contributed by atoms with van der Waals surface area (Å²) in [4.78, 5) is 23.7. The van der Waals surface area contributed by atoms with Crippen LogP contribution in [0.1, 0.15) is 18.4 Å². The van der Waals surface area contributed by atoms with Crippen LogP contribution in [0.15, 0.2) is 47.6 Å². The van der Waals surface area contributed by atoms with Crippen molar-refractivity contribution in [2.45, 2.75) is 12.8 Å². The third-order valence-electron chi connectivity index (χ3n) is 3.32. The maximum absolute atomic E-state index is 11.9. The van der Waals surface area contributed by atoms with E-state index in [0.717, 1.165) is 5.56 Å². The van der Waals surface area contributed by atoms with Crippen LogP contribution in [0, 0.1) is 0 Å². The monoisotopic (exact) mass is 393 g/mol. The molecule has 6 nitrogen and oxygen atoms in total. The molecule has 2 amide bonds. The fourth-order valence-electron chi connectivity index (χ4n) is 2.03. The van der Waals surface area contributed by atoms with Crippen molar-refractivity contribution >= 4 is 46.9 Å². The van der Waals surface area contributed by atoms with E-state index in [1.54, 1.807) is 31.4 Å². The molecule has 8 heteroatoms. The number of anilines is 1. The van der Waals surface area contributed by atoms with Crippen molar-refractivity contribution in [3.05, 3.63) is 58.1 Å². The number of amides is 2. The molecule has 0 spiro atoms. The number of carbonyl (C=O) groups is 2. The van der Waals surface area contributed by atoms with Crippen molar-refractivity contribution in [3.8, 4) is 5.75 Å². The summed E-state index contributed by atoms with van der Waals surface area (Å²) in [6.07, 6.45) is 1.46. The molecule has 0 aliphatic carbocycles. The van der Waals surface area contributed by atoms with Gasteiger partial charge in [0.25, 0.3) is 0 Å². The van der Waals surface area contributed by atoms with E-state index in [0.29, 0.717) is 21.5 Å². The highest BCUT2D eigenvalue weighted by Gasteiger charge is 2.09. The highest BCUT2D eigenvalue weighted by molar-refractivity contribution is 6.36. The van der Waals surface area contributed by atoms with E-state index in [-0.39, 0.29) is 24.7 Å². The van der Waals surface area contributed by atoms with Crippen molar-refractivity contribution < 1.29 is 14.3 Å². The Labute approximate surface area is 161 Å². The zero-order valence-electron chi connectivity index (χ0n) is 14.0. The van der Waals surface area contributed by atoms with E-state index in [4.69, 9.17) is 27.9 Å². The third-order valence-corrected chi connectivity index (χ3v) is 3.86. The van der Waals surface area contributed by atoms with E-state index in [1.165, 1.54) is 12.3 Å². The summed E-state index contributed by atoms with van der Waals surface area (Å²) in [5.41, 5.74) is 3.54. The zero-order valence-corrected chi connectivity index (χ0v) is 15.5. The Morgan fingerprint density at radius 2 is 1.85 bits per heavy atom. The number of para-hydroxylation sites is 1. The van der Waals surface area contributed by atoms with Crippen molar-refractivity contribution in [3.63, 3.8) is 0 Å². The van der Waals surface area contributed by atoms with Crippen LogP contribution in [0.25, 0.3) is 0 Å². The van der Waals surface area contributed by atoms with Crippen molar-refractivity contribution in [1.29, 1.82) is 0 Å². The zero-order chi connectivity index (χ0) is 18.9. The Morgan fingerprint density at radius 3 is 2.58 bits per heavy atom. The second-order valence-corrected chi connectivity index (χ2v) is 6.05. The van der Waals surface area contributed by atoms with Crippen LogP contribution in [0.3, 0.4) is 0 Å². The minimum atomic E-state index is -0.381. The van der Waals surface area contributed by atoms with Crippen LogP contribution in [0.2, 0.25) is 10.0 Å². The highest BCUT2D eigenvalue weighted by Crippen LogP contribution is 2.25. The Hall–Kier alpha value is -2.57. The molecule has 0 aliphatic rings. The lowest BCUT2D eigenvalue weighted by molar-refractivity contribution is -0.124. The van der Waals surface area contributed by atoms with Gasteiger partial charge in [-0.15, -0.1) is 0 Å². The number of hydrogen-bond donors (Lipinski definition) is 2. The minimum Gasteiger partial charge on any atom is -0.496 e. The van der Waals surface area contributed by atoms with Crippen LogP contribution in [-0.2, 0) is 9.59 Å². The van der Waals surface area contributed by atoms with E-state index < -0.39 is 0 Å². The van der Waals surface area contributed by atoms with Gasteiger partial charge in [-0.3, -0.25) is 9.59 Å². The van der Waals surface area contributed by atoms with E-state index >= 15 is 0 Å². The Morgan fingerprint density at radius 1 is 1.12 bits per heavy atom. The standard InChI is InChI=1S/C18H17Cl2N3O3/c1-26-16-5-3-2-4-12(16)11-21-23-18(25)9-8-17(24)22-15-7-6-13(19)10-14(15)20/h2-7,10-11H,8-9H2,1H3,(H,22,24)(H,23,25). The number of carbonyl (C=O) groups excluding carboxylic acids is 2. The summed E-state index contributed by atoms with van der Waals surface area (Å²) in [7, 11) is 1.55. The first-order chi connectivity index (χ1) is 12.5. The Bertz CT molecular complexity index is 825. The number of nitrogens with one attached hydrogen (secondary N) is 2. The van der Waals surface area contributed by atoms with Gasteiger partial charge in [-0.2, -0.15) is 5.10 Å². The Balaban J connectivity index is 1.79. The maximum atomic E-state index is 11.9. The van der Waals surface area contributed by atoms with Gasteiger partial charge in [-0.25, -0.2) is 5.43 Å². The predicted octanol–water partition coefficient (Wildman–Crippen LogP) is 3.87. The first-order valence-corrected chi connectivity index (χ1v) is 8.45. The largest absolute Gasteiger partial charge is 0.496 e. The number of nitrogens with zero attached hydrogens (tertiary/aromatic N) is 1. The molecule has 0 radical (unpaired) electrons. The lowest BCUT2D eigenvalue weighted by Crippen LogP contribution is -2.20. The molecule has 0 saturated heterocycles. The number of benzene rings is 2. The lowest BCUT2D eigenvalue weighted by Gasteiger charge is -2.07. The van der Waals surface area contributed by atoms with Gasteiger partial charge in [-0.05, 0) is 30.3 Å². The SMILES string of the molecule is COc1ccccc1C=NNC(=O)CCC(=O)Nc1ccc(Cl)cc1Cl. The van der Waals surface area contributed by atoms with Gasteiger partial charge in [-0.1, -0.05) is 35.3 Å². The number of halogens is 2. The fourth-order valence-corrected chi connectivity index (χ4v) is 2.49. The molecule has 0 aliphatic heterocycles. The Kier molecular flexibility index (Phi) is 7.44. The molecule has 0 fully saturated rings. The molecule has 0 atom stereocenters. The fraction of sp³-hybridized carbons (Fsp3) is 0.167. The molecule has 2 aromatic carbocycles. The minimum absolute atomic E-state index is 0.00499. The van der Waals surface area contributed by atoms with Crippen LogP contribution in [0.4, 0.5) is 5.69 Å². The van der Waals surface area contributed by atoms with Crippen molar-refractivity contribution in [1.82, 2.24) is 5.43 Å². The lowest BCUT2D eigenvalue weighted by atomic mass is 10.2. The first-order valence-electron chi connectivity index (χ1n) is 7.69. The summed E-state index contributed by atoms with van der Waals surface area (Å²) >= 11 is 11.8. The molecule has 0 saturated carbocycles. The van der Waals surface area contributed by atoms with Gasteiger partial charge < -0.3 is 10.1 Å². The van der Waals surface area contributed by atoms with Crippen molar-refractivity contribution in [2.24, 2.45) is 5.10 Å². The topological polar surface area (TPSA) is 79.8 Å². The molecule has 136 valence electrons. The van der Waals surface area contributed by atoms with E-state index in [9.17, 15) is 9.59 Å². The van der Waals surface area contributed by atoms with Crippen molar-refractivity contribution in [2.75, 3.05) is 12.4 Å². The molecular weight excluding hydrogens is 377 g/mol. The molecule has 2 N–H and O–H groups in total. The number of methoxy groups -OCH3 is 1. The average molecular weight is 394 g/mol. The summed E-state index contributed by atoms with van der Waals surface area (Å²) in [5.74, 6) is -0.0729. The van der Waals surface area contributed by atoms with Gasteiger partial charge >= 0.3 is 0 Å². The van der Waals surface area contributed by atoms with Gasteiger partial charge in [0, 0.05) is 23.4 Å². The molecular formula is C18H17Cl2N3O3. The molecule has 0 bridgehead atoms. The average Bonchev–Trinajstić information content (AvgIpc) is 2.63. The summed E-state index contributed by atoms with van der Waals surface area (Å²) < 4.78 is 5.18. The smallest absolute Gasteiger partial charge is 0.240 e. The van der Waals surface area contributed by atoms with Crippen LogP contribution < -0.4 is 15.5 Å². The second kappa shape index (κ2) is 9.79.